The summed E-state index contributed by atoms with van der Waals surface area (Å²) in [5, 5.41) is 13.3. The summed E-state index contributed by atoms with van der Waals surface area (Å²) >= 11 is 0. The normalized spacial score (nSPS) is 21.1. The number of aromatic nitrogens is 3. The van der Waals surface area contributed by atoms with Crippen LogP contribution in [0.25, 0.3) is 0 Å². The number of amides is 3. The highest BCUT2D eigenvalue weighted by atomic mass is 16.5. The first kappa shape index (κ1) is 24.1. The van der Waals surface area contributed by atoms with Gasteiger partial charge in [0.1, 0.15) is 17.6 Å². The number of carbonyl (C=O) groups is 3. The Labute approximate surface area is 215 Å². The maximum atomic E-state index is 13.7. The molecule has 10 heteroatoms. The van der Waals surface area contributed by atoms with Crippen LogP contribution in [0.2, 0.25) is 0 Å². The molecule has 1 spiro atoms. The molecule has 3 N–H and O–H groups in total. The molecule has 1 saturated heterocycles. The Morgan fingerprint density at radius 2 is 1.86 bits per heavy atom. The number of ether oxygens (including phenoxy) is 1. The third-order valence-corrected chi connectivity index (χ3v) is 8.38. The Morgan fingerprint density at radius 1 is 1.16 bits per heavy atom. The zero-order chi connectivity index (χ0) is 25.7. The van der Waals surface area contributed by atoms with E-state index in [4.69, 9.17) is 4.74 Å². The van der Waals surface area contributed by atoms with Gasteiger partial charge in [-0.25, -0.2) is 4.98 Å². The first-order valence-electron chi connectivity index (χ1n) is 13.4. The van der Waals surface area contributed by atoms with Gasteiger partial charge in [0, 0.05) is 43.3 Å². The first-order valence-corrected chi connectivity index (χ1v) is 13.4. The highest BCUT2D eigenvalue weighted by molar-refractivity contribution is 6.07. The minimum atomic E-state index is -0.672. The summed E-state index contributed by atoms with van der Waals surface area (Å²) in [6, 6.07) is 2.76. The summed E-state index contributed by atoms with van der Waals surface area (Å²) in [5.74, 6) is 0.742. The molecule has 1 atom stereocenters. The third kappa shape index (κ3) is 4.41. The van der Waals surface area contributed by atoms with Crippen LogP contribution >= 0.6 is 0 Å². The van der Waals surface area contributed by atoms with Gasteiger partial charge in [-0.1, -0.05) is 0 Å². The highest BCUT2D eigenvalue weighted by Gasteiger charge is 2.50. The Bertz CT molecular complexity index is 1210. The molecule has 2 aromatic heterocycles. The van der Waals surface area contributed by atoms with Crippen LogP contribution in [0.1, 0.15) is 74.5 Å². The van der Waals surface area contributed by atoms with Crippen molar-refractivity contribution in [2.75, 3.05) is 23.8 Å². The lowest BCUT2D eigenvalue weighted by atomic mass is 9.76. The fourth-order valence-corrected chi connectivity index (χ4v) is 6.14. The summed E-state index contributed by atoms with van der Waals surface area (Å²) in [6.45, 7) is 5.00. The molecule has 4 aliphatic rings. The third-order valence-electron chi connectivity index (χ3n) is 8.38. The quantitative estimate of drug-likeness (QED) is 0.505. The van der Waals surface area contributed by atoms with E-state index in [1.165, 1.54) is 0 Å². The summed E-state index contributed by atoms with van der Waals surface area (Å²) in [7, 11) is 0. The number of anilines is 2. The smallest absolute Gasteiger partial charge is 0.270 e. The van der Waals surface area contributed by atoms with Crippen LogP contribution in [0.5, 0.6) is 0 Å². The molecule has 10 nitrogen and oxygen atoms in total. The fourth-order valence-electron chi connectivity index (χ4n) is 6.14. The first-order chi connectivity index (χ1) is 17.9. The molecule has 196 valence electrons. The molecule has 6 rings (SSSR count). The van der Waals surface area contributed by atoms with Gasteiger partial charge in [-0.15, -0.1) is 0 Å². The van der Waals surface area contributed by atoms with Crippen LogP contribution < -0.4 is 16.0 Å². The second-order valence-corrected chi connectivity index (χ2v) is 11.2. The van der Waals surface area contributed by atoms with Gasteiger partial charge in [-0.2, -0.15) is 5.10 Å². The average molecular weight is 507 g/mol. The topological polar surface area (TPSA) is 127 Å². The largest absolute Gasteiger partial charge is 0.381 e. The van der Waals surface area contributed by atoms with Gasteiger partial charge in [0.05, 0.1) is 11.1 Å². The maximum Gasteiger partial charge on any atom is 0.270 e. The zero-order valence-corrected chi connectivity index (χ0v) is 21.3. The van der Waals surface area contributed by atoms with Gasteiger partial charge >= 0.3 is 0 Å². The van der Waals surface area contributed by atoms with Crippen LogP contribution in [-0.2, 0) is 19.7 Å². The van der Waals surface area contributed by atoms with Crippen molar-refractivity contribution in [1.29, 1.82) is 0 Å². The number of hydrogen-bond acceptors (Lipinski definition) is 6. The van der Waals surface area contributed by atoms with E-state index in [0.717, 1.165) is 31.2 Å². The predicted octanol–water partition coefficient (Wildman–Crippen LogP) is 3.03. The molecule has 2 saturated carbocycles. The Hall–Kier alpha value is -3.27. The van der Waals surface area contributed by atoms with Crippen molar-refractivity contribution < 1.29 is 19.1 Å². The van der Waals surface area contributed by atoms with E-state index in [2.05, 4.69) is 26.0 Å². The molecule has 0 unspecified atom stereocenters. The van der Waals surface area contributed by atoms with Crippen molar-refractivity contribution in [3.8, 4) is 0 Å². The van der Waals surface area contributed by atoms with Crippen LogP contribution in [-0.4, -0.2) is 51.7 Å². The number of pyridine rings is 1. The Morgan fingerprint density at radius 3 is 2.51 bits per heavy atom. The molecular formula is C27H34N6O4. The lowest BCUT2D eigenvalue weighted by molar-refractivity contribution is -0.124. The zero-order valence-electron chi connectivity index (χ0n) is 21.3. The van der Waals surface area contributed by atoms with Crippen molar-refractivity contribution >= 4 is 29.2 Å². The molecule has 3 amide bonds. The summed E-state index contributed by atoms with van der Waals surface area (Å²) < 4.78 is 7.15. The van der Waals surface area contributed by atoms with Gasteiger partial charge in [-0.3, -0.25) is 19.1 Å². The average Bonchev–Trinajstić information content (AvgIpc) is 3.82. The van der Waals surface area contributed by atoms with Gasteiger partial charge in [0.25, 0.3) is 5.91 Å². The van der Waals surface area contributed by atoms with Crippen molar-refractivity contribution in [2.24, 2.45) is 17.8 Å². The highest BCUT2D eigenvalue weighted by Crippen LogP contribution is 2.51. The minimum Gasteiger partial charge on any atom is -0.381 e. The second kappa shape index (κ2) is 9.24. The van der Waals surface area contributed by atoms with Crippen molar-refractivity contribution in [2.45, 2.75) is 69.9 Å². The van der Waals surface area contributed by atoms with E-state index < -0.39 is 11.5 Å². The SMILES string of the molecule is CC(C)n1nccc1C(=O)N[C@H](C(=O)Nc1cc2c(cn1)C1(CCOCC1)C(=O)N2)C(C1CC1)C1CC1. The second-order valence-electron chi connectivity index (χ2n) is 11.2. The molecule has 4 heterocycles. The molecule has 2 aliphatic heterocycles. The monoisotopic (exact) mass is 506 g/mol. The number of nitrogens with zero attached hydrogens (tertiary/aromatic N) is 3. The van der Waals surface area contributed by atoms with Gasteiger partial charge in [0.15, 0.2) is 0 Å². The van der Waals surface area contributed by atoms with Crippen LogP contribution in [0, 0.1) is 17.8 Å². The molecule has 37 heavy (non-hydrogen) atoms. The number of hydrogen-bond donors (Lipinski definition) is 3. The molecule has 0 aromatic carbocycles. The molecular weight excluding hydrogens is 472 g/mol. The van der Waals surface area contributed by atoms with Crippen molar-refractivity contribution in [3.63, 3.8) is 0 Å². The van der Waals surface area contributed by atoms with Crippen molar-refractivity contribution in [3.05, 3.63) is 35.8 Å². The van der Waals surface area contributed by atoms with E-state index >= 15 is 0 Å². The lowest BCUT2D eigenvalue weighted by Gasteiger charge is -2.31. The number of carbonyl (C=O) groups excluding carboxylic acids is 3. The predicted molar refractivity (Wildman–Crippen MR) is 136 cm³/mol. The van der Waals surface area contributed by atoms with Crippen LogP contribution in [0.3, 0.4) is 0 Å². The molecule has 0 bridgehead atoms. The van der Waals surface area contributed by atoms with E-state index in [-0.39, 0.29) is 29.7 Å². The molecule has 3 fully saturated rings. The number of rotatable bonds is 8. The Kier molecular flexibility index (Phi) is 6.01. The van der Waals surface area contributed by atoms with Crippen LogP contribution in [0.15, 0.2) is 24.5 Å². The number of nitrogens with one attached hydrogen (secondary N) is 3. The van der Waals surface area contributed by atoms with Gasteiger partial charge in [0.2, 0.25) is 11.8 Å². The summed E-state index contributed by atoms with van der Waals surface area (Å²) in [4.78, 5) is 44.4. The Balaban J connectivity index is 1.24. The molecule has 0 radical (unpaired) electrons. The van der Waals surface area contributed by atoms with E-state index in [1.807, 2.05) is 13.8 Å². The van der Waals surface area contributed by atoms with E-state index in [1.54, 1.807) is 29.2 Å². The van der Waals surface area contributed by atoms with E-state index in [9.17, 15) is 14.4 Å². The maximum absolute atomic E-state index is 13.7. The summed E-state index contributed by atoms with van der Waals surface area (Å²) in [5.41, 5.74) is 1.37. The standard InChI is InChI=1S/C27H34N6O4/c1-15(2)33-20(7-10-29-33)24(34)32-23(22(16-3-4-16)17-5-6-17)25(35)31-21-13-19-18(14-28-21)27(26(36)30-19)8-11-37-12-9-27/h7,10,13-17,22-23H,3-6,8-9,11-12H2,1-2H3,(H,30,36)(H,32,34)(H,28,31,35)/t23-/m0/s1. The van der Waals surface area contributed by atoms with E-state index in [0.29, 0.717) is 55.1 Å². The fraction of sp³-hybridized carbons (Fsp3) is 0.593. The van der Waals surface area contributed by atoms with Crippen molar-refractivity contribution in [1.82, 2.24) is 20.1 Å². The minimum absolute atomic E-state index is 0.0236. The molecule has 2 aromatic rings. The van der Waals surface area contributed by atoms with Gasteiger partial charge in [-0.05, 0) is 76.2 Å². The number of fused-ring (bicyclic) bond motifs is 2. The lowest BCUT2D eigenvalue weighted by Crippen LogP contribution is -2.50. The van der Waals surface area contributed by atoms with Crippen LogP contribution in [0.4, 0.5) is 11.5 Å². The summed E-state index contributed by atoms with van der Waals surface area (Å²) in [6.07, 6.45) is 8.87. The molecule has 2 aliphatic carbocycles. The van der Waals surface area contributed by atoms with Gasteiger partial charge < -0.3 is 20.7 Å².